The van der Waals surface area contributed by atoms with E-state index in [2.05, 4.69) is 21.2 Å². The van der Waals surface area contributed by atoms with Crippen LogP contribution in [0.5, 0.6) is 11.5 Å². The number of rotatable bonds is 7. The number of sulfonamides is 1. The van der Waals surface area contributed by atoms with Gasteiger partial charge in [0.1, 0.15) is 18.0 Å². The number of carbonyl (C=O) groups excluding carboxylic acids is 1. The molecule has 2 aromatic rings. The standard InChI is InChI=1S/C17H19BrN2O5S/c1-24-14-7-8-15(16(10-14)25-2)19-17(21)11-20(26(3,22)23)13-6-4-5-12(18)9-13/h4-10H,11H2,1-3H3,(H,19,21). The fraction of sp³-hybridized carbons (Fsp3) is 0.235. The molecule has 0 aliphatic heterocycles. The monoisotopic (exact) mass is 442 g/mol. The van der Waals surface area contributed by atoms with Gasteiger partial charge in [-0.3, -0.25) is 9.10 Å². The topological polar surface area (TPSA) is 84.9 Å². The van der Waals surface area contributed by atoms with Crippen molar-refractivity contribution in [3.05, 3.63) is 46.9 Å². The highest BCUT2D eigenvalue weighted by Crippen LogP contribution is 2.29. The molecule has 0 saturated heterocycles. The minimum atomic E-state index is -3.65. The first-order valence-corrected chi connectivity index (χ1v) is 10.1. The second kappa shape index (κ2) is 8.41. The van der Waals surface area contributed by atoms with E-state index < -0.39 is 15.9 Å². The summed E-state index contributed by atoms with van der Waals surface area (Å²) in [5.41, 5.74) is 0.805. The quantitative estimate of drug-likeness (QED) is 0.712. The van der Waals surface area contributed by atoms with Crippen LogP contribution in [0.2, 0.25) is 0 Å². The molecule has 0 atom stereocenters. The van der Waals surface area contributed by atoms with E-state index >= 15 is 0 Å². The molecular weight excluding hydrogens is 424 g/mol. The lowest BCUT2D eigenvalue weighted by Gasteiger charge is -2.22. The Bertz CT molecular complexity index is 902. The van der Waals surface area contributed by atoms with Crippen LogP contribution in [0, 0.1) is 0 Å². The molecule has 2 rings (SSSR count). The summed E-state index contributed by atoms with van der Waals surface area (Å²) in [5, 5.41) is 2.66. The fourth-order valence-electron chi connectivity index (χ4n) is 2.25. The summed E-state index contributed by atoms with van der Waals surface area (Å²) in [4.78, 5) is 12.4. The van der Waals surface area contributed by atoms with Crippen LogP contribution in [-0.2, 0) is 14.8 Å². The molecule has 7 nitrogen and oxygen atoms in total. The zero-order chi connectivity index (χ0) is 19.3. The molecule has 0 aromatic heterocycles. The van der Waals surface area contributed by atoms with E-state index in [0.29, 0.717) is 27.3 Å². The molecule has 9 heteroatoms. The molecule has 0 aliphatic carbocycles. The van der Waals surface area contributed by atoms with E-state index in [4.69, 9.17) is 9.47 Å². The average molecular weight is 443 g/mol. The third-order valence-electron chi connectivity index (χ3n) is 3.47. The van der Waals surface area contributed by atoms with E-state index in [1.165, 1.54) is 14.2 Å². The summed E-state index contributed by atoms with van der Waals surface area (Å²) in [7, 11) is -0.658. The van der Waals surface area contributed by atoms with E-state index in [0.717, 1.165) is 10.6 Å². The van der Waals surface area contributed by atoms with Crippen molar-refractivity contribution in [2.75, 3.05) is 36.6 Å². The van der Waals surface area contributed by atoms with Gasteiger partial charge in [0.15, 0.2) is 0 Å². The number of anilines is 2. The van der Waals surface area contributed by atoms with Crippen molar-refractivity contribution in [3.63, 3.8) is 0 Å². The van der Waals surface area contributed by atoms with Gasteiger partial charge in [0.2, 0.25) is 15.9 Å². The van der Waals surface area contributed by atoms with Gasteiger partial charge >= 0.3 is 0 Å². The van der Waals surface area contributed by atoms with Gasteiger partial charge in [0, 0.05) is 10.5 Å². The van der Waals surface area contributed by atoms with Gasteiger partial charge in [-0.25, -0.2) is 8.42 Å². The number of carbonyl (C=O) groups is 1. The first kappa shape index (κ1) is 20.1. The van der Waals surface area contributed by atoms with Crippen LogP contribution in [0.3, 0.4) is 0 Å². The Morgan fingerprint density at radius 1 is 1.15 bits per heavy atom. The molecule has 0 heterocycles. The number of benzene rings is 2. The number of hydrogen-bond acceptors (Lipinski definition) is 5. The number of amides is 1. The van der Waals surface area contributed by atoms with Crippen LogP contribution in [-0.4, -0.2) is 41.3 Å². The summed E-state index contributed by atoms with van der Waals surface area (Å²) in [6, 6.07) is 11.6. The van der Waals surface area contributed by atoms with Gasteiger partial charge in [-0.1, -0.05) is 22.0 Å². The molecule has 0 fully saturated rings. The summed E-state index contributed by atoms with van der Waals surface area (Å²) < 4.78 is 36.3. The van der Waals surface area contributed by atoms with Gasteiger partial charge in [0.25, 0.3) is 0 Å². The molecule has 0 spiro atoms. The highest BCUT2D eigenvalue weighted by Gasteiger charge is 2.21. The minimum absolute atomic E-state index is 0.371. The maximum Gasteiger partial charge on any atom is 0.245 e. The van der Waals surface area contributed by atoms with Crippen molar-refractivity contribution in [3.8, 4) is 11.5 Å². The molecular formula is C17H19BrN2O5S. The van der Waals surface area contributed by atoms with E-state index in [9.17, 15) is 13.2 Å². The van der Waals surface area contributed by atoms with Gasteiger partial charge in [-0.15, -0.1) is 0 Å². The normalized spacial score (nSPS) is 10.9. The van der Waals surface area contributed by atoms with Gasteiger partial charge in [-0.2, -0.15) is 0 Å². The Labute approximate surface area is 161 Å². The molecule has 0 unspecified atom stereocenters. The smallest absolute Gasteiger partial charge is 0.245 e. The van der Waals surface area contributed by atoms with Crippen molar-refractivity contribution in [2.24, 2.45) is 0 Å². The molecule has 2 aromatic carbocycles. The highest BCUT2D eigenvalue weighted by molar-refractivity contribution is 9.10. The summed E-state index contributed by atoms with van der Waals surface area (Å²) in [6.45, 7) is -0.371. The molecule has 140 valence electrons. The first-order chi connectivity index (χ1) is 12.2. The van der Waals surface area contributed by atoms with Crippen LogP contribution in [0.25, 0.3) is 0 Å². The SMILES string of the molecule is COc1ccc(NC(=O)CN(c2cccc(Br)c2)S(C)(=O)=O)c(OC)c1. The van der Waals surface area contributed by atoms with Crippen LogP contribution in [0.4, 0.5) is 11.4 Å². The van der Waals surface area contributed by atoms with Crippen LogP contribution in [0.1, 0.15) is 0 Å². The van der Waals surface area contributed by atoms with Crippen molar-refractivity contribution >= 4 is 43.2 Å². The highest BCUT2D eigenvalue weighted by atomic mass is 79.9. The molecule has 0 bridgehead atoms. The Kier molecular flexibility index (Phi) is 6.49. The van der Waals surface area contributed by atoms with Crippen LogP contribution in [0.15, 0.2) is 46.9 Å². The lowest BCUT2D eigenvalue weighted by atomic mass is 10.2. The average Bonchev–Trinajstić information content (AvgIpc) is 2.59. The number of halogens is 1. The van der Waals surface area contributed by atoms with Crippen molar-refractivity contribution in [1.82, 2.24) is 0 Å². The van der Waals surface area contributed by atoms with Crippen LogP contribution < -0.4 is 19.1 Å². The lowest BCUT2D eigenvalue weighted by molar-refractivity contribution is -0.114. The van der Waals surface area contributed by atoms with Crippen molar-refractivity contribution < 1.29 is 22.7 Å². The number of nitrogens with one attached hydrogen (secondary N) is 1. The molecule has 1 amide bonds. The molecule has 0 saturated carbocycles. The molecule has 26 heavy (non-hydrogen) atoms. The first-order valence-electron chi connectivity index (χ1n) is 7.49. The molecule has 0 aliphatic rings. The maximum absolute atomic E-state index is 12.4. The molecule has 1 N–H and O–H groups in total. The fourth-order valence-corrected chi connectivity index (χ4v) is 3.49. The van der Waals surface area contributed by atoms with Crippen molar-refractivity contribution in [1.29, 1.82) is 0 Å². The number of ether oxygens (including phenoxy) is 2. The van der Waals surface area contributed by atoms with Gasteiger partial charge in [-0.05, 0) is 30.3 Å². The summed E-state index contributed by atoms with van der Waals surface area (Å²) in [5.74, 6) is 0.483. The minimum Gasteiger partial charge on any atom is -0.497 e. The Morgan fingerprint density at radius 3 is 2.46 bits per heavy atom. The maximum atomic E-state index is 12.4. The third kappa shape index (κ3) is 5.12. The third-order valence-corrected chi connectivity index (χ3v) is 5.10. The largest absolute Gasteiger partial charge is 0.497 e. The van der Waals surface area contributed by atoms with E-state index in [-0.39, 0.29) is 6.54 Å². The lowest BCUT2D eigenvalue weighted by Crippen LogP contribution is -2.37. The predicted molar refractivity (Wildman–Crippen MR) is 105 cm³/mol. The number of nitrogens with zero attached hydrogens (tertiary/aromatic N) is 1. The second-order valence-electron chi connectivity index (χ2n) is 5.36. The second-order valence-corrected chi connectivity index (χ2v) is 8.19. The van der Waals surface area contributed by atoms with E-state index in [1.54, 1.807) is 42.5 Å². The number of methoxy groups -OCH3 is 2. The summed E-state index contributed by atoms with van der Waals surface area (Å²) >= 11 is 3.30. The van der Waals surface area contributed by atoms with E-state index in [1.807, 2.05) is 0 Å². The van der Waals surface area contributed by atoms with Gasteiger partial charge < -0.3 is 14.8 Å². The van der Waals surface area contributed by atoms with Crippen molar-refractivity contribution in [2.45, 2.75) is 0 Å². The number of hydrogen-bond donors (Lipinski definition) is 1. The zero-order valence-corrected chi connectivity index (χ0v) is 16.9. The zero-order valence-electron chi connectivity index (χ0n) is 14.5. The summed E-state index contributed by atoms with van der Waals surface area (Å²) in [6.07, 6.45) is 1.05. The van der Waals surface area contributed by atoms with Gasteiger partial charge in [0.05, 0.1) is 31.9 Å². The predicted octanol–water partition coefficient (Wildman–Crippen LogP) is 2.87. The van der Waals surface area contributed by atoms with Crippen LogP contribution >= 0.6 is 15.9 Å². The molecule has 0 radical (unpaired) electrons. The Hall–Kier alpha value is -2.26. The Morgan fingerprint density at radius 2 is 1.88 bits per heavy atom. The Balaban J connectivity index is 2.23.